The molecule has 0 amide bonds. The van der Waals surface area contributed by atoms with E-state index >= 15 is 0 Å². The van der Waals surface area contributed by atoms with Gasteiger partial charge < -0.3 is 0 Å². The first-order chi connectivity index (χ1) is 6.21. The summed E-state index contributed by atoms with van der Waals surface area (Å²) in [7, 11) is 6.75. The van der Waals surface area contributed by atoms with Crippen LogP contribution < -0.4 is 0 Å². The second-order valence-electron chi connectivity index (χ2n) is 3.74. The van der Waals surface area contributed by atoms with Gasteiger partial charge in [0.2, 0.25) is 0 Å². The van der Waals surface area contributed by atoms with Crippen LogP contribution in [0, 0.1) is 0 Å². The van der Waals surface area contributed by atoms with Gasteiger partial charge in [0.15, 0.2) is 0 Å². The molecular weight excluding hydrogens is 286 g/mol. The fraction of sp³-hybridized carbons (Fsp3) is 0.273. The first kappa shape index (κ1) is 9.60. The molecule has 0 saturated heterocycles. The van der Waals surface area contributed by atoms with E-state index in [0.717, 1.165) is 0 Å². The van der Waals surface area contributed by atoms with Crippen LogP contribution in [-0.2, 0) is 0 Å². The minimum atomic E-state index is -2.48. The number of halogens is 1. The van der Waals surface area contributed by atoms with Gasteiger partial charge in [-0.15, -0.1) is 0 Å². The fourth-order valence-electron chi connectivity index (χ4n) is 1.84. The molecule has 0 spiro atoms. The predicted molar refractivity (Wildman–Crippen MR) is 61.5 cm³/mol. The monoisotopic (exact) mass is 300 g/mol. The third-order valence-electron chi connectivity index (χ3n) is 2.80. The van der Waals surface area contributed by atoms with Gasteiger partial charge in [0.25, 0.3) is 0 Å². The van der Waals surface area contributed by atoms with Crippen LogP contribution >= 0.6 is 8.92 Å². The molecule has 13 heavy (non-hydrogen) atoms. The molecule has 0 fully saturated rings. The number of rotatable bonds is 2. The van der Waals surface area contributed by atoms with Crippen molar-refractivity contribution in [1.82, 2.24) is 0 Å². The van der Waals surface area contributed by atoms with Crippen molar-refractivity contribution in [3.05, 3.63) is 48.6 Å². The van der Waals surface area contributed by atoms with Gasteiger partial charge in [-0.2, -0.15) is 0 Å². The molecule has 0 atom stereocenters. The summed E-state index contributed by atoms with van der Waals surface area (Å²) in [6.07, 6.45) is 17.5. The van der Waals surface area contributed by atoms with Gasteiger partial charge in [-0.1, -0.05) is 0 Å². The maximum atomic E-state index is 6.75. The Kier molecular flexibility index (Phi) is 2.70. The van der Waals surface area contributed by atoms with Gasteiger partial charge in [-0.25, -0.2) is 0 Å². The molecule has 0 bridgehead atoms. The van der Waals surface area contributed by atoms with Gasteiger partial charge in [-0.05, 0) is 0 Å². The summed E-state index contributed by atoms with van der Waals surface area (Å²) in [6, 6.07) is 0. The molecule has 0 saturated carbocycles. The van der Waals surface area contributed by atoms with Crippen molar-refractivity contribution in [2.24, 2.45) is 0 Å². The van der Waals surface area contributed by atoms with E-state index in [1.165, 1.54) is 0 Å². The summed E-state index contributed by atoms with van der Waals surface area (Å²) in [5, 5.41) is 0. The molecule has 2 aliphatic rings. The number of allylic oxidation sites excluding steroid dienone is 8. The first-order valence-corrected chi connectivity index (χ1v) is 14.4. The van der Waals surface area contributed by atoms with E-state index in [4.69, 9.17) is 8.92 Å². The Morgan fingerprint density at radius 3 is 1.46 bits per heavy atom. The summed E-state index contributed by atoms with van der Waals surface area (Å²) in [6.45, 7) is 0. The number of hydrogen-bond donors (Lipinski definition) is 0. The van der Waals surface area contributed by atoms with Crippen LogP contribution in [0.4, 0.5) is 0 Å². The van der Waals surface area contributed by atoms with Gasteiger partial charge in [0, 0.05) is 0 Å². The average molecular weight is 299 g/mol. The Morgan fingerprint density at radius 1 is 0.846 bits per heavy atom. The summed E-state index contributed by atoms with van der Waals surface area (Å²) in [5.74, 6) is 0. The van der Waals surface area contributed by atoms with Gasteiger partial charge in [0.1, 0.15) is 0 Å². The van der Waals surface area contributed by atoms with Crippen molar-refractivity contribution in [1.29, 1.82) is 0 Å². The molecular formula is C11H13ClSn. The van der Waals surface area contributed by atoms with E-state index in [9.17, 15) is 0 Å². The van der Waals surface area contributed by atoms with Crippen molar-refractivity contribution in [3.63, 3.8) is 0 Å². The Morgan fingerprint density at radius 2 is 1.15 bits per heavy atom. The van der Waals surface area contributed by atoms with Crippen molar-refractivity contribution < 1.29 is 0 Å². The molecule has 0 nitrogen and oxygen atoms in total. The van der Waals surface area contributed by atoms with E-state index in [0.29, 0.717) is 7.87 Å². The third kappa shape index (κ3) is 1.79. The van der Waals surface area contributed by atoms with E-state index in [1.807, 2.05) is 0 Å². The van der Waals surface area contributed by atoms with Crippen molar-refractivity contribution in [3.8, 4) is 0 Å². The standard InChI is InChI=1S/2C5H5.CH3.ClH.Sn/c2*1-2-4-5-3-1;;;/h2*1-5H;1H3;1H;/q;;;;+1/p-1. The molecule has 2 aliphatic carbocycles. The predicted octanol–water partition coefficient (Wildman–Crippen LogP) is 3.79. The Labute approximate surface area is 87.3 Å². The zero-order chi connectivity index (χ0) is 9.31. The van der Waals surface area contributed by atoms with E-state index in [2.05, 4.69) is 53.5 Å². The van der Waals surface area contributed by atoms with Crippen LogP contribution in [0.25, 0.3) is 0 Å². The molecule has 0 radical (unpaired) electrons. The van der Waals surface area contributed by atoms with Crippen LogP contribution in [-0.4, -0.2) is 17.3 Å². The normalized spacial score (nSPS) is 22.3. The van der Waals surface area contributed by atoms with E-state index in [1.54, 1.807) is 0 Å². The summed E-state index contributed by atoms with van der Waals surface area (Å²) < 4.78 is 1.13. The minimum absolute atomic E-state index is 0.563. The van der Waals surface area contributed by atoms with Crippen molar-refractivity contribution in [2.75, 3.05) is 0 Å². The summed E-state index contributed by atoms with van der Waals surface area (Å²) in [5.41, 5.74) is 0. The molecule has 0 aromatic carbocycles. The average Bonchev–Trinajstić information content (AvgIpc) is 2.78. The molecule has 2 rings (SSSR count). The Bertz CT molecular complexity index is 256. The third-order valence-corrected chi connectivity index (χ3v) is 15.8. The molecule has 0 aliphatic heterocycles. The Balaban J connectivity index is 2.19. The molecule has 0 aromatic heterocycles. The SMILES string of the molecule is [CH3][Sn]([Cl])([CH]1C=CC=C1)[CH]1C=CC=C1. The summed E-state index contributed by atoms with van der Waals surface area (Å²) in [4.78, 5) is 2.31. The fourth-order valence-corrected chi connectivity index (χ4v) is 10.6. The van der Waals surface area contributed by atoms with Crippen LogP contribution in [0.3, 0.4) is 0 Å². The van der Waals surface area contributed by atoms with E-state index in [-0.39, 0.29) is 0 Å². The van der Waals surface area contributed by atoms with Crippen LogP contribution in [0.15, 0.2) is 48.6 Å². The number of hydrogen-bond acceptors (Lipinski definition) is 0. The molecule has 68 valence electrons. The van der Waals surface area contributed by atoms with Crippen molar-refractivity contribution in [2.45, 2.75) is 12.8 Å². The second kappa shape index (κ2) is 3.66. The quantitative estimate of drug-likeness (QED) is 0.681. The van der Waals surface area contributed by atoms with Crippen LogP contribution in [0.1, 0.15) is 0 Å². The van der Waals surface area contributed by atoms with E-state index < -0.39 is 17.3 Å². The zero-order valence-electron chi connectivity index (χ0n) is 7.65. The molecule has 0 heterocycles. The van der Waals surface area contributed by atoms with Crippen LogP contribution in [0.5, 0.6) is 0 Å². The van der Waals surface area contributed by atoms with Crippen molar-refractivity contribution >= 4 is 26.2 Å². The molecule has 0 aromatic rings. The van der Waals surface area contributed by atoms with Gasteiger partial charge >= 0.3 is 87.6 Å². The van der Waals surface area contributed by atoms with Gasteiger partial charge in [-0.3, -0.25) is 0 Å². The second-order valence-corrected chi connectivity index (χ2v) is 19.6. The van der Waals surface area contributed by atoms with Crippen LogP contribution in [0.2, 0.25) is 12.8 Å². The zero-order valence-corrected chi connectivity index (χ0v) is 11.3. The Hall–Kier alpha value is 0.0487. The summed E-state index contributed by atoms with van der Waals surface area (Å²) >= 11 is -2.48. The molecule has 2 heteroatoms. The molecule has 0 unspecified atom stereocenters. The molecule has 0 N–H and O–H groups in total. The topological polar surface area (TPSA) is 0 Å². The first-order valence-electron chi connectivity index (χ1n) is 4.60. The maximum absolute atomic E-state index is 6.75. The van der Waals surface area contributed by atoms with Gasteiger partial charge in [0.05, 0.1) is 0 Å².